The SMILES string of the molecule is CCCC1=CC[C-]=C1.CCCC[Si](=[Zr+2])CCCC.Cl.Cl.[C-]1=CC=CC1. The molecular weight excluding hydrogens is 442 g/mol. The van der Waals surface area contributed by atoms with Gasteiger partial charge in [-0.3, -0.25) is 12.2 Å². The molecule has 0 saturated heterocycles. The van der Waals surface area contributed by atoms with Crippen LogP contribution in [-0.4, -0.2) is 5.43 Å². The van der Waals surface area contributed by atoms with Crippen LogP contribution in [0.5, 0.6) is 0 Å². The number of hydrogen-bond acceptors (Lipinski definition) is 0. The summed E-state index contributed by atoms with van der Waals surface area (Å²) in [6.07, 6.45) is 26.8. The summed E-state index contributed by atoms with van der Waals surface area (Å²) >= 11 is 1.86. The van der Waals surface area contributed by atoms with Gasteiger partial charge in [-0.1, -0.05) is 19.8 Å². The molecule has 0 aromatic heterocycles. The van der Waals surface area contributed by atoms with Crippen LogP contribution in [0, 0.1) is 12.2 Å². The van der Waals surface area contributed by atoms with Crippen molar-refractivity contribution >= 4 is 30.2 Å². The van der Waals surface area contributed by atoms with E-state index in [-0.39, 0.29) is 30.2 Å². The molecule has 2 rings (SSSR count). The fourth-order valence-corrected chi connectivity index (χ4v) is 6.57. The second-order valence-electron chi connectivity index (χ2n) is 5.90. The molecule has 4 heteroatoms. The molecule has 0 N–H and O–H groups in total. The molecule has 0 spiro atoms. The molecule has 2 aliphatic carbocycles. The van der Waals surface area contributed by atoms with E-state index in [1.54, 1.807) is 12.1 Å². The fraction of sp³-hybridized carbons (Fsp3) is 0.619. The summed E-state index contributed by atoms with van der Waals surface area (Å²) in [7, 11) is 0. The Hall–Kier alpha value is 0.640. The fourth-order valence-electron chi connectivity index (χ4n) is 2.15. The average molecular weight is 479 g/mol. The summed E-state index contributed by atoms with van der Waals surface area (Å²) in [6, 6.07) is 3.17. The van der Waals surface area contributed by atoms with Gasteiger partial charge in [0.1, 0.15) is 0 Å². The maximum Gasteiger partial charge on any atom is -0.109 e. The average Bonchev–Trinajstić information content (AvgIpc) is 3.27. The van der Waals surface area contributed by atoms with Gasteiger partial charge in [-0.2, -0.15) is 12.2 Å². The van der Waals surface area contributed by atoms with Gasteiger partial charge in [-0.05, 0) is 0 Å². The van der Waals surface area contributed by atoms with Crippen LogP contribution in [0.15, 0.2) is 36.0 Å². The molecule has 0 aliphatic heterocycles. The van der Waals surface area contributed by atoms with E-state index in [1.807, 2.05) is 35.5 Å². The predicted molar refractivity (Wildman–Crippen MR) is 117 cm³/mol. The first-order valence-electron chi connectivity index (χ1n) is 9.28. The minimum Gasteiger partial charge on any atom is -0.273 e. The summed E-state index contributed by atoms with van der Waals surface area (Å²) in [5.41, 5.74) is 1.64. The maximum absolute atomic E-state index is 3.14. The van der Waals surface area contributed by atoms with E-state index in [2.05, 4.69) is 51.2 Å². The molecule has 0 heterocycles. The number of halogens is 2. The Morgan fingerprint density at radius 3 is 1.92 bits per heavy atom. The quantitative estimate of drug-likeness (QED) is 0.247. The molecule has 0 radical (unpaired) electrons. The molecule has 2 aliphatic rings. The Morgan fingerprint density at radius 2 is 1.60 bits per heavy atom. The Labute approximate surface area is 184 Å². The zero-order valence-corrected chi connectivity index (χ0v) is 21.4. The molecule has 0 amide bonds. The van der Waals surface area contributed by atoms with Crippen molar-refractivity contribution in [2.75, 3.05) is 0 Å². The van der Waals surface area contributed by atoms with Crippen molar-refractivity contribution in [2.45, 2.75) is 84.2 Å². The number of allylic oxidation sites excluding steroid dienone is 8. The second-order valence-corrected chi connectivity index (χ2v) is 13.3. The first kappa shape index (κ1) is 30.4. The maximum atomic E-state index is 3.14. The van der Waals surface area contributed by atoms with Gasteiger partial charge in [0, 0.05) is 0 Å². The van der Waals surface area contributed by atoms with Crippen molar-refractivity contribution in [1.82, 2.24) is 0 Å². The van der Waals surface area contributed by atoms with Crippen molar-refractivity contribution in [2.24, 2.45) is 0 Å². The molecule has 0 saturated carbocycles. The van der Waals surface area contributed by atoms with Crippen molar-refractivity contribution in [3.63, 3.8) is 0 Å². The Bertz CT molecular complexity index is 392. The van der Waals surface area contributed by atoms with Crippen LogP contribution in [0.2, 0.25) is 12.1 Å². The van der Waals surface area contributed by atoms with Gasteiger partial charge in [0.05, 0.1) is 0 Å². The minimum absolute atomic E-state index is 0. The normalized spacial score (nSPS) is 12.9. The summed E-state index contributed by atoms with van der Waals surface area (Å²) < 4.78 is 0. The third-order valence-electron chi connectivity index (χ3n) is 3.56. The Morgan fingerprint density at radius 1 is 0.960 bits per heavy atom. The van der Waals surface area contributed by atoms with Crippen molar-refractivity contribution < 1.29 is 23.3 Å². The zero-order chi connectivity index (χ0) is 17.2. The van der Waals surface area contributed by atoms with Crippen molar-refractivity contribution in [1.29, 1.82) is 0 Å². The van der Waals surface area contributed by atoms with Crippen LogP contribution in [0.1, 0.15) is 72.1 Å². The first-order chi connectivity index (χ1) is 11.2. The number of rotatable bonds is 8. The summed E-state index contributed by atoms with van der Waals surface area (Å²) in [4.78, 5) is 0. The molecule has 0 bridgehead atoms. The summed E-state index contributed by atoms with van der Waals surface area (Å²) in [5.74, 6) is 0. The standard InChI is InChI=1S/C8H18Si.C8H11.C5H5.2ClH.Zr/c1-3-5-7-9-8-6-4-2;1-2-5-8-6-3-4-7-8;1-2-4-5-3-1;;;/h3-8H2,1-2H3;6-7H,2-3,5H2,1H3;1-3H,4H2;2*1H;/q;2*-1;;;+2. The predicted octanol–water partition coefficient (Wildman–Crippen LogP) is 7.75. The van der Waals surface area contributed by atoms with Gasteiger partial charge in [0.2, 0.25) is 0 Å². The molecular formula is C21H36Cl2SiZr. The molecule has 0 aromatic rings. The molecule has 0 aromatic carbocycles. The third-order valence-corrected chi connectivity index (χ3v) is 9.16. The second kappa shape index (κ2) is 24.6. The van der Waals surface area contributed by atoms with Crippen LogP contribution in [0.25, 0.3) is 0 Å². The molecule has 0 unspecified atom stereocenters. The van der Waals surface area contributed by atoms with Crippen LogP contribution >= 0.6 is 24.8 Å². The van der Waals surface area contributed by atoms with E-state index in [0.29, 0.717) is 0 Å². The van der Waals surface area contributed by atoms with Crippen LogP contribution < -0.4 is 0 Å². The molecule has 0 nitrogen and oxygen atoms in total. The van der Waals surface area contributed by atoms with E-state index in [1.165, 1.54) is 44.1 Å². The van der Waals surface area contributed by atoms with Crippen molar-refractivity contribution in [3.05, 3.63) is 48.1 Å². The Kier molecular flexibility index (Phi) is 29.9. The third kappa shape index (κ3) is 22.6. The summed E-state index contributed by atoms with van der Waals surface area (Å²) in [5, 5.41) is 0. The molecule has 25 heavy (non-hydrogen) atoms. The van der Waals surface area contributed by atoms with Gasteiger partial charge in [-0.25, -0.2) is 23.8 Å². The van der Waals surface area contributed by atoms with Crippen LogP contribution in [-0.2, 0) is 23.3 Å². The van der Waals surface area contributed by atoms with Gasteiger partial charge >= 0.3 is 80.4 Å². The van der Waals surface area contributed by atoms with E-state index in [9.17, 15) is 0 Å². The van der Waals surface area contributed by atoms with Gasteiger partial charge in [-0.15, -0.1) is 37.7 Å². The van der Waals surface area contributed by atoms with E-state index in [4.69, 9.17) is 0 Å². The minimum atomic E-state index is 0. The van der Waals surface area contributed by atoms with Crippen molar-refractivity contribution in [3.8, 4) is 0 Å². The summed E-state index contributed by atoms with van der Waals surface area (Å²) in [6.45, 7) is 6.79. The smallest absolute Gasteiger partial charge is 0.109 e. The van der Waals surface area contributed by atoms with Crippen LogP contribution in [0.4, 0.5) is 0 Å². The number of unbranched alkanes of at least 4 members (excludes halogenated alkanes) is 2. The van der Waals surface area contributed by atoms with E-state index < -0.39 is 0 Å². The van der Waals surface area contributed by atoms with Gasteiger partial charge in [0.15, 0.2) is 0 Å². The number of hydrogen-bond donors (Lipinski definition) is 0. The molecule has 0 atom stereocenters. The van der Waals surface area contributed by atoms with Gasteiger partial charge < -0.3 is 0 Å². The van der Waals surface area contributed by atoms with E-state index >= 15 is 0 Å². The van der Waals surface area contributed by atoms with Crippen LogP contribution in [0.3, 0.4) is 0 Å². The molecule has 142 valence electrons. The Balaban J connectivity index is -0.000000291. The van der Waals surface area contributed by atoms with Gasteiger partial charge in [0.25, 0.3) is 0 Å². The largest absolute Gasteiger partial charge is 0.273 e. The molecule has 0 fully saturated rings. The van der Waals surface area contributed by atoms with E-state index in [0.717, 1.165) is 12.8 Å². The zero-order valence-electron chi connectivity index (χ0n) is 16.3. The monoisotopic (exact) mass is 476 g/mol. The first-order valence-corrected chi connectivity index (χ1v) is 14.9. The topological polar surface area (TPSA) is 0 Å².